The Balaban J connectivity index is 1.91. The third-order valence-corrected chi connectivity index (χ3v) is 3.66. The summed E-state index contributed by atoms with van der Waals surface area (Å²) in [4.78, 5) is 0. The van der Waals surface area contributed by atoms with Crippen molar-refractivity contribution in [1.82, 2.24) is 15.1 Å². The van der Waals surface area contributed by atoms with E-state index in [1.807, 2.05) is 23.9 Å². The van der Waals surface area contributed by atoms with Crippen LogP contribution in [0.4, 0.5) is 0 Å². The highest BCUT2D eigenvalue weighted by atomic mass is 79.9. The molecule has 1 saturated carbocycles. The summed E-state index contributed by atoms with van der Waals surface area (Å²) < 4.78 is 3.06. The molecular formula is C14H16BrN3. The Morgan fingerprint density at radius 3 is 2.89 bits per heavy atom. The van der Waals surface area contributed by atoms with Gasteiger partial charge in [0, 0.05) is 23.3 Å². The van der Waals surface area contributed by atoms with Gasteiger partial charge in [-0.05, 0) is 49.6 Å². The molecule has 1 aromatic heterocycles. The van der Waals surface area contributed by atoms with Crippen molar-refractivity contribution in [2.45, 2.75) is 32.4 Å². The van der Waals surface area contributed by atoms with Crippen molar-refractivity contribution >= 4 is 15.9 Å². The summed E-state index contributed by atoms with van der Waals surface area (Å²) in [6, 6.07) is 9.09. The summed E-state index contributed by atoms with van der Waals surface area (Å²) in [5, 5.41) is 8.04. The molecule has 0 unspecified atom stereocenters. The van der Waals surface area contributed by atoms with Crippen molar-refractivity contribution in [1.29, 1.82) is 0 Å². The van der Waals surface area contributed by atoms with Gasteiger partial charge in [0.05, 0.1) is 11.4 Å². The van der Waals surface area contributed by atoms with E-state index in [0.717, 1.165) is 28.4 Å². The summed E-state index contributed by atoms with van der Waals surface area (Å²) in [5.41, 5.74) is 3.47. The number of hydrogen-bond donors (Lipinski definition) is 1. The van der Waals surface area contributed by atoms with Crippen molar-refractivity contribution < 1.29 is 0 Å². The van der Waals surface area contributed by atoms with E-state index < -0.39 is 0 Å². The van der Waals surface area contributed by atoms with Crippen molar-refractivity contribution in [2.24, 2.45) is 0 Å². The Morgan fingerprint density at radius 1 is 1.39 bits per heavy atom. The van der Waals surface area contributed by atoms with Crippen molar-refractivity contribution in [2.75, 3.05) is 0 Å². The summed E-state index contributed by atoms with van der Waals surface area (Å²) in [6.07, 6.45) is 4.63. The molecule has 1 aromatic carbocycles. The van der Waals surface area contributed by atoms with Crippen LogP contribution in [0.2, 0.25) is 0 Å². The van der Waals surface area contributed by atoms with E-state index in [1.54, 1.807) is 0 Å². The number of aromatic nitrogens is 2. The Bertz CT molecular complexity index is 558. The summed E-state index contributed by atoms with van der Waals surface area (Å²) in [6.45, 7) is 2.91. The third kappa shape index (κ3) is 2.65. The van der Waals surface area contributed by atoms with Gasteiger partial charge in [-0.3, -0.25) is 0 Å². The van der Waals surface area contributed by atoms with Crippen molar-refractivity contribution in [3.8, 4) is 5.69 Å². The number of rotatable bonds is 4. The van der Waals surface area contributed by atoms with Crippen LogP contribution in [-0.4, -0.2) is 15.8 Å². The van der Waals surface area contributed by atoms with Crippen LogP contribution in [0.25, 0.3) is 5.69 Å². The molecule has 2 aromatic rings. The second-order valence-electron chi connectivity index (χ2n) is 4.83. The Morgan fingerprint density at radius 2 is 2.22 bits per heavy atom. The molecule has 0 radical (unpaired) electrons. The molecule has 94 valence electrons. The topological polar surface area (TPSA) is 29.9 Å². The largest absolute Gasteiger partial charge is 0.310 e. The van der Waals surface area contributed by atoms with Crippen LogP contribution in [0.3, 0.4) is 0 Å². The van der Waals surface area contributed by atoms with E-state index in [9.17, 15) is 0 Å². The summed E-state index contributed by atoms with van der Waals surface area (Å²) in [7, 11) is 0. The number of aryl methyl sites for hydroxylation is 1. The lowest BCUT2D eigenvalue weighted by Crippen LogP contribution is -2.17. The molecule has 3 rings (SSSR count). The SMILES string of the molecule is Cc1ccn(-c2ccc(Br)cc2CNC2CC2)n1. The first kappa shape index (κ1) is 11.9. The molecule has 0 aliphatic heterocycles. The van der Waals surface area contributed by atoms with Gasteiger partial charge >= 0.3 is 0 Å². The molecule has 1 aliphatic carbocycles. The van der Waals surface area contributed by atoms with Gasteiger partial charge < -0.3 is 5.32 Å². The molecule has 18 heavy (non-hydrogen) atoms. The maximum Gasteiger partial charge on any atom is 0.0691 e. The number of nitrogens with zero attached hydrogens (tertiary/aromatic N) is 2. The monoisotopic (exact) mass is 305 g/mol. The highest BCUT2D eigenvalue weighted by molar-refractivity contribution is 9.10. The lowest BCUT2D eigenvalue weighted by atomic mass is 10.2. The first-order valence-electron chi connectivity index (χ1n) is 6.27. The third-order valence-electron chi connectivity index (χ3n) is 3.17. The number of benzene rings is 1. The smallest absolute Gasteiger partial charge is 0.0691 e. The van der Waals surface area contributed by atoms with Gasteiger partial charge in [-0.25, -0.2) is 4.68 Å². The zero-order valence-corrected chi connectivity index (χ0v) is 11.9. The molecule has 0 bridgehead atoms. The first-order chi connectivity index (χ1) is 8.72. The molecule has 4 heteroatoms. The van der Waals surface area contributed by atoms with Crippen LogP contribution in [0, 0.1) is 6.92 Å². The minimum Gasteiger partial charge on any atom is -0.310 e. The maximum atomic E-state index is 4.49. The van der Waals surface area contributed by atoms with Gasteiger partial charge in [0.15, 0.2) is 0 Å². The highest BCUT2D eigenvalue weighted by Crippen LogP contribution is 2.23. The van der Waals surface area contributed by atoms with Gasteiger partial charge in [-0.2, -0.15) is 5.10 Å². The Kier molecular flexibility index (Phi) is 3.22. The van der Waals surface area contributed by atoms with E-state index in [4.69, 9.17) is 0 Å². The fourth-order valence-corrected chi connectivity index (χ4v) is 2.42. The normalized spacial score (nSPS) is 15.0. The van der Waals surface area contributed by atoms with Crippen LogP contribution in [0.15, 0.2) is 34.9 Å². The fourth-order valence-electron chi connectivity index (χ4n) is 2.01. The molecule has 1 N–H and O–H groups in total. The minimum atomic E-state index is 0.719. The van der Waals surface area contributed by atoms with E-state index in [0.29, 0.717) is 0 Å². The fraction of sp³-hybridized carbons (Fsp3) is 0.357. The van der Waals surface area contributed by atoms with Gasteiger partial charge in [-0.1, -0.05) is 15.9 Å². The minimum absolute atomic E-state index is 0.719. The molecule has 0 saturated heterocycles. The van der Waals surface area contributed by atoms with Crippen LogP contribution < -0.4 is 5.32 Å². The molecule has 0 atom stereocenters. The van der Waals surface area contributed by atoms with E-state index in [2.05, 4.69) is 44.5 Å². The zero-order chi connectivity index (χ0) is 12.5. The lowest BCUT2D eigenvalue weighted by molar-refractivity contribution is 0.680. The summed E-state index contributed by atoms with van der Waals surface area (Å²) in [5.74, 6) is 0. The van der Waals surface area contributed by atoms with Crippen LogP contribution in [0.1, 0.15) is 24.1 Å². The van der Waals surface area contributed by atoms with Crippen LogP contribution >= 0.6 is 15.9 Å². The molecule has 1 heterocycles. The van der Waals surface area contributed by atoms with E-state index >= 15 is 0 Å². The molecule has 0 spiro atoms. The zero-order valence-electron chi connectivity index (χ0n) is 10.4. The molecule has 0 amide bonds. The Labute approximate surface area is 115 Å². The number of halogens is 1. The van der Waals surface area contributed by atoms with E-state index in [1.165, 1.54) is 18.4 Å². The molecule has 1 aliphatic rings. The maximum absolute atomic E-state index is 4.49. The Hall–Kier alpha value is -1.13. The van der Waals surface area contributed by atoms with Gasteiger partial charge in [0.2, 0.25) is 0 Å². The summed E-state index contributed by atoms with van der Waals surface area (Å²) >= 11 is 3.54. The number of nitrogens with one attached hydrogen (secondary N) is 1. The second kappa shape index (κ2) is 4.86. The van der Waals surface area contributed by atoms with Gasteiger partial charge in [0.1, 0.15) is 0 Å². The second-order valence-corrected chi connectivity index (χ2v) is 5.75. The molecule has 3 nitrogen and oxygen atoms in total. The lowest BCUT2D eigenvalue weighted by Gasteiger charge is -2.11. The average molecular weight is 306 g/mol. The van der Waals surface area contributed by atoms with Crippen LogP contribution in [-0.2, 0) is 6.54 Å². The van der Waals surface area contributed by atoms with Crippen molar-refractivity contribution in [3.05, 3.63) is 46.2 Å². The van der Waals surface area contributed by atoms with Gasteiger partial charge in [0.25, 0.3) is 0 Å². The van der Waals surface area contributed by atoms with Crippen molar-refractivity contribution in [3.63, 3.8) is 0 Å². The quantitative estimate of drug-likeness (QED) is 0.940. The predicted molar refractivity (Wildman–Crippen MR) is 75.9 cm³/mol. The van der Waals surface area contributed by atoms with Crippen LogP contribution in [0.5, 0.6) is 0 Å². The highest BCUT2D eigenvalue weighted by Gasteiger charge is 2.20. The molecular weight excluding hydrogens is 290 g/mol. The standard InChI is InChI=1S/C14H16BrN3/c1-10-6-7-18(17-10)14-5-2-12(15)8-11(14)9-16-13-3-4-13/h2,5-8,13,16H,3-4,9H2,1H3. The molecule has 1 fully saturated rings. The number of hydrogen-bond acceptors (Lipinski definition) is 2. The first-order valence-corrected chi connectivity index (χ1v) is 7.06. The van der Waals surface area contributed by atoms with E-state index in [-0.39, 0.29) is 0 Å². The average Bonchev–Trinajstić information content (AvgIpc) is 3.08. The predicted octanol–water partition coefficient (Wildman–Crippen LogP) is 3.20. The van der Waals surface area contributed by atoms with Gasteiger partial charge in [-0.15, -0.1) is 0 Å².